The third kappa shape index (κ3) is 3.56. The molecule has 0 radical (unpaired) electrons. The van der Waals surface area contributed by atoms with Gasteiger partial charge in [0.05, 0.1) is 16.2 Å². The van der Waals surface area contributed by atoms with Crippen molar-refractivity contribution in [1.82, 2.24) is 9.55 Å². The van der Waals surface area contributed by atoms with Crippen molar-refractivity contribution in [3.63, 3.8) is 0 Å². The van der Waals surface area contributed by atoms with E-state index in [1.54, 1.807) is 4.57 Å². The highest BCUT2D eigenvalue weighted by Crippen LogP contribution is 2.37. The molecular formula is C22H23N3O2S. The van der Waals surface area contributed by atoms with Crippen molar-refractivity contribution in [3.05, 3.63) is 63.9 Å². The summed E-state index contributed by atoms with van der Waals surface area (Å²) >= 11 is 1.35. The number of fused-ring (bicyclic) bond motifs is 1. The number of para-hydroxylation sites is 2. The Hall–Kier alpha value is -2.60. The molecule has 1 amide bonds. The number of thioether (sulfide) groups is 1. The van der Waals surface area contributed by atoms with Gasteiger partial charge >= 0.3 is 0 Å². The van der Waals surface area contributed by atoms with E-state index in [9.17, 15) is 9.59 Å². The third-order valence-corrected chi connectivity index (χ3v) is 6.13. The molecule has 1 N–H and O–H groups in total. The Morgan fingerprint density at radius 2 is 1.82 bits per heavy atom. The maximum absolute atomic E-state index is 13.0. The van der Waals surface area contributed by atoms with Crippen LogP contribution in [0.1, 0.15) is 36.9 Å². The number of aromatic nitrogens is 2. The maximum Gasteiger partial charge on any atom is 0.262 e. The lowest BCUT2D eigenvalue weighted by atomic mass is 10.1. The Kier molecular flexibility index (Phi) is 4.98. The molecule has 1 aliphatic rings. The molecule has 0 spiro atoms. The first-order valence-corrected chi connectivity index (χ1v) is 10.4. The lowest BCUT2D eigenvalue weighted by Crippen LogP contribution is -2.27. The molecule has 1 aromatic heterocycles. The number of anilines is 1. The normalized spacial score (nSPS) is 14.8. The number of hydrogen-bond donors (Lipinski definition) is 1. The Bertz CT molecular complexity index is 1100. The summed E-state index contributed by atoms with van der Waals surface area (Å²) in [6, 6.07) is 13.5. The zero-order valence-corrected chi connectivity index (χ0v) is 17.0. The Morgan fingerprint density at radius 1 is 1.14 bits per heavy atom. The van der Waals surface area contributed by atoms with Gasteiger partial charge in [-0.1, -0.05) is 42.1 Å². The minimum Gasteiger partial charge on any atom is -0.325 e. The average molecular weight is 394 g/mol. The lowest BCUT2D eigenvalue weighted by molar-refractivity contribution is -0.115. The molecule has 1 atom stereocenters. The van der Waals surface area contributed by atoms with E-state index in [1.165, 1.54) is 11.8 Å². The minimum atomic E-state index is -0.378. The van der Waals surface area contributed by atoms with Crippen molar-refractivity contribution in [2.24, 2.45) is 0 Å². The summed E-state index contributed by atoms with van der Waals surface area (Å²) in [4.78, 5) is 30.5. The van der Waals surface area contributed by atoms with Gasteiger partial charge in [-0.25, -0.2) is 4.98 Å². The van der Waals surface area contributed by atoms with Crippen LogP contribution in [0.3, 0.4) is 0 Å². The fraction of sp³-hybridized carbons (Fsp3) is 0.318. The first-order chi connectivity index (χ1) is 13.5. The van der Waals surface area contributed by atoms with Crippen molar-refractivity contribution in [2.75, 3.05) is 5.32 Å². The Morgan fingerprint density at radius 3 is 2.50 bits per heavy atom. The monoisotopic (exact) mass is 393 g/mol. The van der Waals surface area contributed by atoms with Crippen LogP contribution in [-0.4, -0.2) is 20.7 Å². The topological polar surface area (TPSA) is 64.0 Å². The fourth-order valence-corrected chi connectivity index (χ4v) is 4.29. The minimum absolute atomic E-state index is 0.0158. The van der Waals surface area contributed by atoms with Crippen LogP contribution in [-0.2, 0) is 4.79 Å². The number of aryl methyl sites for hydroxylation is 2. The molecule has 4 rings (SSSR count). The van der Waals surface area contributed by atoms with Gasteiger partial charge in [0, 0.05) is 11.7 Å². The van der Waals surface area contributed by atoms with Crippen LogP contribution in [0.2, 0.25) is 0 Å². The summed E-state index contributed by atoms with van der Waals surface area (Å²) in [6.07, 6.45) is 1.97. The van der Waals surface area contributed by atoms with Gasteiger partial charge in [0.2, 0.25) is 5.91 Å². The fourth-order valence-electron chi connectivity index (χ4n) is 3.31. The predicted molar refractivity (Wildman–Crippen MR) is 114 cm³/mol. The molecule has 0 saturated heterocycles. The summed E-state index contributed by atoms with van der Waals surface area (Å²) < 4.78 is 1.77. The largest absolute Gasteiger partial charge is 0.325 e. The van der Waals surface area contributed by atoms with Crippen molar-refractivity contribution in [3.8, 4) is 0 Å². The third-order valence-electron chi connectivity index (χ3n) is 5.07. The number of nitrogens with zero attached hydrogens (tertiary/aromatic N) is 2. The number of rotatable bonds is 5. The van der Waals surface area contributed by atoms with Crippen LogP contribution in [0.5, 0.6) is 0 Å². The number of carbonyl (C=O) groups excluding carboxylic acids is 1. The van der Waals surface area contributed by atoms with Crippen molar-refractivity contribution in [2.45, 2.75) is 50.1 Å². The van der Waals surface area contributed by atoms with Gasteiger partial charge < -0.3 is 5.32 Å². The van der Waals surface area contributed by atoms with Crippen LogP contribution in [0.25, 0.3) is 10.9 Å². The first kappa shape index (κ1) is 18.7. The number of hydrogen-bond acceptors (Lipinski definition) is 4. The molecule has 2 aromatic carbocycles. The molecule has 28 heavy (non-hydrogen) atoms. The van der Waals surface area contributed by atoms with Gasteiger partial charge in [0.25, 0.3) is 5.56 Å². The van der Waals surface area contributed by atoms with Crippen LogP contribution in [0.4, 0.5) is 5.69 Å². The summed E-state index contributed by atoms with van der Waals surface area (Å²) in [5.41, 5.74) is 3.58. The molecule has 5 nitrogen and oxygen atoms in total. The van der Waals surface area contributed by atoms with Crippen molar-refractivity contribution >= 4 is 34.3 Å². The summed E-state index contributed by atoms with van der Waals surface area (Å²) in [5.74, 6) is -0.0906. The highest BCUT2D eigenvalue weighted by atomic mass is 32.2. The van der Waals surface area contributed by atoms with E-state index in [0.717, 1.165) is 29.7 Å². The van der Waals surface area contributed by atoms with E-state index in [-0.39, 0.29) is 22.8 Å². The van der Waals surface area contributed by atoms with Gasteiger partial charge in [-0.2, -0.15) is 0 Å². The second kappa shape index (κ2) is 7.43. The van der Waals surface area contributed by atoms with Crippen LogP contribution in [0.15, 0.2) is 52.4 Å². The number of carbonyl (C=O) groups is 1. The molecule has 6 heteroatoms. The zero-order valence-electron chi connectivity index (χ0n) is 16.2. The molecule has 1 fully saturated rings. The van der Waals surface area contributed by atoms with Crippen LogP contribution in [0, 0.1) is 13.8 Å². The smallest absolute Gasteiger partial charge is 0.262 e. The molecule has 0 bridgehead atoms. The average Bonchev–Trinajstić information content (AvgIpc) is 3.50. The second-order valence-corrected chi connectivity index (χ2v) is 8.64. The van der Waals surface area contributed by atoms with E-state index >= 15 is 0 Å². The van der Waals surface area contributed by atoms with Crippen LogP contribution >= 0.6 is 11.8 Å². The molecule has 1 unspecified atom stereocenters. The second-order valence-electron chi connectivity index (χ2n) is 7.33. The Labute approximate surface area is 168 Å². The lowest BCUT2D eigenvalue weighted by Gasteiger charge is -2.17. The van der Waals surface area contributed by atoms with E-state index < -0.39 is 0 Å². The van der Waals surface area contributed by atoms with E-state index in [0.29, 0.717) is 16.1 Å². The summed E-state index contributed by atoms with van der Waals surface area (Å²) in [7, 11) is 0. The van der Waals surface area contributed by atoms with Gasteiger partial charge in [-0.3, -0.25) is 14.2 Å². The molecule has 1 saturated carbocycles. The van der Waals surface area contributed by atoms with Crippen molar-refractivity contribution < 1.29 is 4.79 Å². The van der Waals surface area contributed by atoms with E-state index in [4.69, 9.17) is 4.98 Å². The first-order valence-electron chi connectivity index (χ1n) is 9.50. The number of nitrogens with one attached hydrogen (secondary N) is 1. The molecule has 144 valence electrons. The molecule has 0 aliphatic heterocycles. The van der Waals surface area contributed by atoms with Gasteiger partial charge in [0.15, 0.2) is 5.16 Å². The predicted octanol–water partition coefficient (Wildman–Crippen LogP) is 4.47. The standard InChI is InChI=1S/C22H23N3O2S/c1-13-7-6-8-14(2)19(13)24-20(26)15(3)28-22-23-18-10-5-4-9-17(18)21(27)25(22)16-11-12-16/h4-10,15-16H,11-12H2,1-3H3,(H,24,26). The van der Waals surface area contributed by atoms with Gasteiger partial charge in [0.1, 0.15) is 0 Å². The highest BCUT2D eigenvalue weighted by molar-refractivity contribution is 8.00. The molecule has 1 aliphatic carbocycles. The van der Waals surface area contributed by atoms with E-state index in [1.807, 2.05) is 63.2 Å². The van der Waals surface area contributed by atoms with E-state index in [2.05, 4.69) is 5.32 Å². The van der Waals surface area contributed by atoms with Crippen molar-refractivity contribution in [1.29, 1.82) is 0 Å². The number of amides is 1. The number of benzene rings is 2. The quantitative estimate of drug-likeness (QED) is 0.513. The van der Waals surface area contributed by atoms with Gasteiger partial charge in [-0.15, -0.1) is 0 Å². The zero-order chi connectivity index (χ0) is 19.8. The SMILES string of the molecule is Cc1cccc(C)c1NC(=O)C(C)Sc1nc2ccccc2c(=O)n1C1CC1. The summed E-state index contributed by atoms with van der Waals surface area (Å²) in [6.45, 7) is 5.82. The highest BCUT2D eigenvalue weighted by Gasteiger charge is 2.30. The summed E-state index contributed by atoms with van der Waals surface area (Å²) in [5, 5.41) is 3.91. The van der Waals surface area contributed by atoms with Crippen LogP contribution < -0.4 is 10.9 Å². The molecule has 3 aromatic rings. The van der Waals surface area contributed by atoms with Gasteiger partial charge in [-0.05, 0) is 56.9 Å². The maximum atomic E-state index is 13.0. The molecular weight excluding hydrogens is 370 g/mol. The Balaban J connectivity index is 1.63. The molecule has 1 heterocycles.